The number of carbonyl (C=O) groups excluding carboxylic acids is 2. The van der Waals surface area contributed by atoms with E-state index < -0.39 is 6.04 Å². The second-order valence-electron chi connectivity index (χ2n) is 7.66. The first kappa shape index (κ1) is 22.7. The largest absolute Gasteiger partial charge is 0.376 e. The number of fused-ring (bicyclic) bond motifs is 1. The van der Waals surface area contributed by atoms with Crippen LogP contribution in [0.5, 0.6) is 0 Å². The predicted octanol–water partition coefficient (Wildman–Crippen LogP) is 1.95. The van der Waals surface area contributed by atoms with E-state index in [9.17, 15) is 9.59 Å². The van der Waals surface area contributed by atoms with Crippen LogP contribution in [0.15, 0.2) is 24.3 Å². The van der Waals surface area contributed by atoms with Crippen LogP contribution in [0.4, 0.5) is 0 Å². The Morgan fingerprint density at radius 3 is 2.71 bits per heavy atom. The molecule has 4 atom stereocenters. The molecule has 0 aliphatic carbocycles. The van der Waals surface area contributed by atoms with Crippen LogP contribution in [-0.4, -0.2) is 43.2 Å². The third-order valence-electron chi connectivity index (χ3n) is 5.72. The van der Waals surface area contributed by atoms with Gasteiger partial charge in [0.05, 0.1) is 12.1 Å². The maximum Gasteiger partial charge on any atom is 0.242 e. The molecule has 0 radical (unpaired) electrons. The minimum Gasteiger partial charge on any atom is -0.376 e. The fourth-order valence-corrected chi connectivity index (χ4v) is 3.73. The fourth-order valence-electron chi connectivity index (χ4n) is 3.73. The molecule has 1 aromatic rings. The van der Waals surface area contributed by atoms with Crippen LogP contribution in [0.25, 0.3) is 0 Å². The van der Waals surface area contributed by atoms with Gasteiger partial charge in [0.15, 0.2) is 0 Å². The summed E-state index contributed by atoms with van der Waals surface area (Å²) in [4.78, 5) is 25.5. The van der Waals surface area contributed by atoms with E-state index >= 15 is 0 Å². The number of rotatable bonds is 7. The molecule has 0 spiro atoms. The van der Waals surface area contributed by atoms with Gasteiger partial charge in [-0.3, -0.25) is 9.59 Å². The second-order valence-corrected chi connectivity index (χ2v) is 7.66. The van der Waals surface area contributed by atoms with Crippen LogP contribution in [-0.2, 0) is 27.3 Å². The normalized spacial score (nSPS) is 23.1. The van der Waals surface area contributed by atoms with E-state index in [4.69, 9.17) is 4.74 Å². The van der Waals surface area contributed by atoms with E-state index in [1.807, 2.05) is 26.0 Å². The van der Waals surface area contributed by atoms with Gasteiger partial charge < -0.3 is 20.7 Å². The summed E-state index contributed by atoms with van der Waals surface area (Å²) >= 11 is 0. The molecule has 28 heavy (non-hydrogen) atoms. The van der Waals surface area contributed by atoms with Crippen molar-refractivity contribution in [2.75, 3.05) is 13.2 Å². The lowest BCUT2D eigenvalue weighted by atomic mass is 9.94. The van der Waals surface area contributed by atoms with E-state index in [1.165, 1.54) is 11.1 Å². The highest BCUT2D eigenvalue weighted by atomic mass is 35.5. The van der Waals surface area contributed by atoms with Crippen LogP contribution in [0.2, 0.25) is 0 Å². The number of ether oxygens (including phenoxy) is 1. The number of hydrogen-bond acceptors (Lipinski definition) is 4. The number of nitrogens with one attached hydrogen (secondary N) is 3. The quantitative estimate of drug-likeness (QED) is 0.643. The van der Waals surface area contributed by atoms with Crippen molar-refractivity contribution in [3.05, 3.63) is 35.4 Å². The Morgan fingerprint density at radius 2 is 2.04 bits per heavy atom. The highest BCUT2D eigenvalue weighted by molar-refractivity contribution is 5.90. The Hall–Kier alpha value is -1.63. The number of benzene rings is 1. The van der Waals surface area contributed by atoms with E-state index in [-0.39, 0.29) is 42.3 Å². The standard InChI is InChI=1S/C21H31N3O3.ClH/c1-3-14(2)19(21(26)23-13-17-9-6-10-27-17)24-20(25)18-11-15-7-4-5-8-16(15)12-22-18;/h4-5,7-8,14,17-19,22H,3,6,9-13H2,1-2H3,(H,23,26)(H,24,25);1H. The monoisotopic (exact) mass is 409 g/mol. The molecule has 7 heteroatoms. The molecule has 1 fully saturated rings. The van der Waals surface area contributed by atoms with Crippen LogP contribution >= 0.6 is 12.4 Å². The minimum atomic E-state index is -0.525. The maximum absolute atomic E-state index is 12.8. The number of hydrogen-bond donors (Lipinski definition) is 3. The Morgan fingerprint density at radius 1 is 1.29 bits per heavy atom. The van der Waals surface area contributed by atoms with Gasteiger partial charge in [0.1, 0.15) is 6.04 Å². The van der Waals surface area contributed by atoms with E-state index in [0.717, 1.165) is 25.9 Å². The van der Waals surface area contributed by atoms with Gasteiger partial charge in [-0.25, -0.2) is 0 Å². The summed E-state index contributed by atoms with van der Waals surface area (Å²) in [7, 11) is 0. The van der Waals surface area contributed by atoms with Crippen LogP contribution in [0, 0.1) is 5.92 Å². The molecule has 3 rings (SSSR count). The van der Waals surface area contributed by atoms with Gasteiger partial charge >= 0.3 is 0 Å². The van der Waals surface area contributed by atoms with Crippen LogP contribution in [0.3, 0.4) is 0 Å². The number of amides is 2. The van der Waals surface area contributed by atoms with Crippen LogP contribution < -0.4 is 16.0 Å². The summed E-state index contributed by atoms with van der Waals surface area (Å²) in [6, 6.07) is 7.33. The molecule has 156 valence electrons. The molecule has 0 saturated carbocycles. The Balaban J connectivity index is 0.00000280. The summed E-state index contributed by atoms with van der Waals surface area (Å²) in [5.74, 6) is -0.166. The SMILES string of the molecule is CCC(C)C(NC(=O)C1Cc2ccccc2CN1)C(=O)NCC1CCCO1.Cl. The van der Waals surface area contributed by atoms with Crippen LogP contribution in [0.1, 0.15) is 44.2 Å². The molecular formula is C21H32ClN3O3. The van der Waals surface area contributed by atoms with E-state index in [2.05, 4.69) is 28.1 Å². The molecule has 1 aromatic carbocycles. The van der Waals surface area contributed by atoms with Gasteiger partial charge in [0.2, 0.25) is 11.8 Å². The Bertz CT molecular complexity index is 664. The molecule has 3 N–H and O–H groups in total. The molecule has 0 bridgehead atoms. The van der Waals surface area contributed by atoms with Crippen molar-refractivity contribution in [1.29, 1.82) is 0 Å². The lowest BCUT2D eigenvalue weighted by molar-refractivity contribution is -0.131. The zero-order valence-corrected chi connectivity index (χ0v) is 17.5. The molecule has 2 aliphatic rings. The van der Waals surface area contributed by atoms with Gasteiger partial charge in [-0.2, -0.15) is 0 Å². The van der Waals surface area contributed by atoms with Crippen molar-refractivity contribution in [3.63, 3.8) is 0 Å². The Kier molecular flexibility index (Phi) is 8.73. The molecular weight excluding hydrogens is 378 g/mol. The average molecular weight is 410 g/mol. The molecule has 2 heterocycles. The van der Waals surface area contributed by atoms with E-state index in [0.29, 0.717) is 19.5 Å². The maximum atomic E-state index is 12.8. The molecule has 1 saturated heterocycles. The lowest BCUT2D eigenvalue weighted by Gasteiger charge is -2.29. The molecule has 6 nitrogen and oxygen atoms in total. The first-order valence-electron chi connectivity index (χ1n) is 10.1. The third-order valence-corrected chi connectivity index (χ3v) is 5.72. The van der Waals surface area contributed by atoms with Crippen molar-refractivity contribution >= 4 is 24.2 Å². The highest BCUT2D eigenvalue weighted by Crippen LogP contribution is 2.17. The Labute approximate surface area is 173 Å². The zero-order valence-electron chi connectivity index (χ0n) is 16.7. The van der Waals surface area contributed by atoms with Gasteiger partial charge in [-0.1, -0.05) is 44.5 Å². The second kappa shape index (κ2) is 10.8. The summed E-state index contributed by atoms with van der Waals surface area (Å²) in [5, 5.41) is 9.24. The van der Waals surface area contributed by atoms with Crippen molar-refractivity contribution in [2.45, 2.75) is 64.3 Å². The van der Waals surface area contributed by atoms with Crippen molar-refractivity contribution in [2.24, 2.45) is 5.92 Å². The van der Waals surface area contributed by atoms with Gasteiger partial charge in [0, 0.05) is 19.7 Å². The average Bonchev–Trinajstić information content (AvgIpc) is 3.22. The first-order chi connectivity index (χ1) is 13.1. The van der Waals surface area contributed by atoms with Crippen molar-refractivity contribution in [1.82, 2.24) is 16.0 Å². The molecule has 2 amide bonds. The summed E-state index contributed by atoms with van der Waals surface area (Å²) < 4.78 is 5.57. The predicted molar refractivity (Wildman–Crippen MR) is 111 cm³/mol. The van der Waals surface area contributed by atoms with Gasteiger partial charge in [-0.15, -0.1) is 12.4 Å². The number of halogens is 1. The molecule has 0 aromatic heterocycles. The molecule has 4 unspecified atom stereocenters. The van der Waals surface area contributed by atoms with Gasteiger partial charge in [-0.05, 0) is 36.3 Å². The summed E-state index contributed by atoms with van der Waals surface area (Å²) in [5.41, 5.74) is 2.42. The summed E-state index contributed by atoms with van der Waals surface area (Å²) in [6.07, 6.45) is 3.58. The minimum absolute atomic E-state index is 0. The smallest absolute Gasteiger partial charge is 0.242 e. The van der Waals surface area contributed by atoms with E-state index in [1.54, 1.807) is 0 Å². The molecule has 2 aliphatic heterocycles. The summed E-state index contributed by atoms with van der Waals surface area (Å²) in [6.45, 7) is 5.98. The lowest BCUT2D eigenvalue weighted by Crippen LogP contribution is -2.56. The van der Waals surface area contributed by atoms with Crippen molar-refractivity contribution < 1.29 is 14.3 Å². The zero-order chi connectivity index (χ0) is 19.2. The topological polar surface area (TPSA) is 79.5 Å². The third kappa shape index (κ3) is 5.69. The number of carbonyl (C=O) groups is 2. The van der Waals surface area contributed by atoms with Crippen molar-refractivity contribution in [3.8, 4) is 0 Å². The first-order valence-corrected chi connectivity index (χ1v) is 10.1. The van der Waals surface area contributed by atoms with Gasteiger partial charge in [0.25, 0.3) is 0 Å². The highest BCUT2D eigenvalue weighted by Gasteiger charge is 2.31. The fraction of sp³-hybridized carbons (Fsp3) is 0.619.